The Hall–Kier alpha value is -3.54. The van der Waals surface area contributed by atoms with Gasteiger partial charge >= 0.3 is 0 Å². The minimum Gasteiger partial charge on any atom is -0.344 e. The molecule has 3 heterocycles. The van der Waals surface area contributed by atoms with Crippen LogP contribution in [0.4, 0.5) is 0 Å². The zero-order valence-electron chi connectivity index (χ0n) is 23.0. The number of aryl methyl sites for hydroxylation is 1. The number of hydrogen-bond donors (Lipinski definition) is 0. The molecule has 1 amide bonds. The second-order valence-electron chi connectivity index (χ2n) is 11.1. The van der Waals surface area contributed by atoms with Crippen LogP contribution < -0.4 is 0 Å². The van der Waals surface area contributed by atoms with E-state index < -0.39 is 0 Å². The maximum Gasteiger partial charge on any atom is 0.254 e. The van der Waals surface area contributed by atoms with Crippen molar-refractivity contribution in [3.05, 3.63) is 119 Å². The van der Waals surface area contributed by atoms with E-state index in [1.54, 1.807) is 0 Å². The van der Waals surface area contributed by atoms with Crippen molar-refractivity contribution in [3.63, 3.8) is 0 Å². The number of rotatable bonds is 6. The average molecular weight is 546 g/mol. The van der Waals surface area contributed by atoms with Gasteiger partial charge in [0.25, 0.3) is 5.91 Å². The predicted octanol–water partition coefficient (Wildman–Crippen LogP) is 6.90. The largest absolute Gasteiger partial charge is 0.344 e. The van der Waals surface area contributed by atoms with E-state index in [4.69, 9.17) is 0 Å². The molecule has 1 saturated heterocycles. The standard InChI is InChI=1S/C35H35N3OS/c1-36-32-14-8-7-12-28(32)30-23-26(15-16-33(30)36)34-31(24-37-19-21-40-22-20-37)27-11-5-6-13-29(27)35(39)38(34)18-17-25-9-3-2-4-10-25/h2-16,23,31,34H,17-22,24H2,1H3/t31-,34+/m1/s1. The van der Waals surface area contributed by atoms with Gasteiger partial charge in [-0.25, -0.2) is 0 Å². The molecule has 0 spiro atoms. The highest BCUT2D eigenvalue weighted by Crippen LogP contribution is 2.44. The molecule has 2 aliphatic rings. The van der Waals surface area contributed by atoms with Crippen LogP contribution in [0.15, 0.2) is 97.1 Å². The number of aromatic nitrogens is 1. The molecule has 0 unspecified atom stereocenters. The van der Waals surface area contributed by atoms with Crippen LogP contribution in [0.5, 0.6) is 0 Å². The van der Waals surface area contributed by atoms with E-state index in [1.807, 2.05) is 23.9 Å². The molecule has 0 saturated carbocycles. The number of thioether (sulfide) groups is 1. The lowest BCUT2D eigenvalue weighted by molar-refractivity contribution is 0.0584. The Bertz CT molecular complexity index is 1670. The van der Waals surface area contributed by atoms with Crippen molar-refractivity contribution in [2.45, 2.75) is 18.4 Å². The Kier molecular flexibility index (Phi) is 6.86. The Morgan fingerprint density at radius 2 is 1.52 bits per heavy atom. The summed E-state index contributed by atoms with van der Waals surface area (Å²) in [7, 11) is 2.15. The van der Waals surface area contributed by atoms with Gasteiger partial charge in [0.15, 0.2) is 0 Å². The highest BCUT2D eigenvalue weighted by molar-refractivity contribution is 7.99. The van der Waals surface area contributed by atoms with E-state index in [1.165, 1.54) is 50.0 Å². The Morgan fingerprint density at radius 3 is 2.38 bits per heavy atom. The molecule has 7 rings (SSSR count). The van der Waals surface area contributed by atoms with E-state index in [0.717, 1.165) is 31.6 Å². The average Bonchev–Trinajstić information content (AvgIpc) is 3.30. The third kappa shape index (κ3) is 4.51. The summed E-state index contributed by atoms with van der Waals surface area (Å²) in [5.41, 5.74) is 7.04. The summed E-state index contributed by atoms with van der Waals surface area (Å²) >= 11 is 2.05. The first-order chi connectivity index (χ1) is 19.7. The van der Waals surface area contributed by atoms with Gasteiger partial charge in [0, 0.05) is 78.0 Å². The fourth-order valence-electron chi connectivity index (χ4n) is 6.86. The van der Waals surface area contributed by atoms with Crippen molar-refractivity contribution >= 4 is 39.5 Å². The molecule has 1 fully saturated rings. The van der Waals surface area contributed by atoms with Gasteiger partial charge in [0.05, 0.1) is 6.04 Å². The summed E-state index contributed by atoms with van der Waals surface area (Å²) in [5, 5.41) is 2.53. The van der Waals surface area contributed by atoms with Crippen LogP contribution in [-0.4, -0.2) is 58.0 Å². The molecule has 0 bridgehead atoms. The lowest BCUT2D eigenvalue weighted by atomic mass is 9.79. The number of amides is 1. The monoisotopic (exact) mass is 545 g/mol. The molecule has 5 aromatic rings. The van der Waals surface area contributed by atoms with Crippen molar-refractivity contribution < 1.29 is 4.79 Å². The van der Waals surface area contributed by atoms with Gasteiger partial charge in [-0.2, -0.15) is 11.8 Å². The number of fused-ring (bicyclic) bond motifs is 4. The number of nitrogens with zero attached hydrogens (tertiary/aromatic N) is 3. The molecule has 0 radical (unpaired) electrons. The second-order valence-corrected chi connectivity index (χ2v) is 12.4. The fourth-order valence-corrected chi connectivity index (χ4v) is 7.84. The first kappa shape index (κ1) is 25.4. The molecule has 2 aliphatic heterocycles. The van der Waals surface area contributed by atoms with Crippen molar-refractivity contribution in [3.8, 4) is 0 Å². The number of carbonyl (C=O) groups excluding carboxylic acids is 1. The molecule has 202 valence electrons. The smallest absolute Gasteiger partial charge is 0.254 e. The predicted molar refractivity (Wildman–Crippen MR) is 167 cm³/mol. The fraction of sp³-hybridized carbons (Fsp3) is 0.286. The molecular formula is C35H35N3OS. The van der Waals surface area contributed by atoms with E-state index >= 15 is 0 Å². The topological polar surface area (TPSA) is 28.5 Å². The summed E-state index contributed by atoms with van der Waals surface area (Å²) in [4.78, 5) is 19.0. The number of para-hydroxylation sites is 1. The van der Waals surface area contributed by atoms with Crippen LogP contribution in [0.25, 0.3) is 21.8 Å². The Labute approximate surface area is 240 Å². The zero-order chi connectivity index (χ0) is 27.1. The van der Waals surface area contributed by atoms with Gasteiger partial charge in [0.1, 0.15) is 0 Å². The SMILES string of the molecule is Cn1c2ccccc2c2cc([C@H]3[C@H](CN4CCSCC4)c4ccccc4C(=O)N3CCc3ccccc3)ccc21. The Balaban J connectivity index is 1.37. The summed E-state index contributed by atoms with van der Waals surface area (Å²) in [5.74, 6) is 2.72. The Morgan fingerprint density at radius 1 is 0.800 bits per heavy atom. The van der Waals surface area contributed by atoms with Crippen molar-refractivity contribution in [1.29, 1.82) is 0 Å². The van der Waals surface area contributed by atoms with Gasteiger partial charge in [0.2, 0.25) is 0 Å². The normalized spacial score (nSPS) is 19.8. The highest BCUT2D eigenvalue weighted by Gasteiger charge is 2.41. The molecule has 40 heavy (non-hydrogen) atoms. The van der Waals surface area contributed by atoms with E-state index in [-0.39, 0.29) is 17.9 Å². The quantitative estimate of drug-likeness (QED) is 0.232. The molecule has 2 atom stereocenters. The maximum atomic E-state index is 14.2. The minimum atomic E-state index is -0.0240. The number of hydrogen-bond acceptors (Lipinski definition) is 3. The van der Waals surface area contributed by atoms with E-state index in [9.17, 15) is 4.79 Å². The van der Waals surface area contributed by atoms with Crippen LogP contribution in [0, 0.1) is 0 Å². The van der Waals surface area contributed by atoms with Gasteiger partial charge in [-0.1, -0.05) is 72.8 Å². The molecular weight excluding hydrogens is 510 g/mol. The number of benzene rings is 4. The van der Waals surface area contributed by atoms with E-state index in [2.05, 4.69) is 106 Å². The third-order valence-electron chi connectivity index (χ3n) is 8.89. The van der Waals surface area contributed by atoms with Gasteiger partial charge in [-0.3, -0.25) is 4.79 Å². The lowest BCUT2D eigenvalue weighted by Crippen LogP contribution is -2.47. The summed E-state index contributed by atoms with van der Waals surface area (Å²) in [6.07, 6.45) is 0.842. The third-order valence-corrected chi connectivity index (χ3v) is 9.83. The van der Waals surface area contributed by atoms with Crippen LogP contribution >= 0.6 is 11.8 Å². The molecule has 4 nitrogen and oxygen atoms in total. The van der Waals surface area contributed by atoms with Crippen molar-refractivity contribution in [2.75, 3.05) is 37.7 Å². The van der Waals surface area contributed by atoms with E-state index in [0.29, 0.717) is 6.54 Å². The number of carbonyl (C=O) groups is 1. The lowest BCUT2D eigenvalue weighted by Gasteiger charge is -2.44. The van der Waals surface area contributed by atoms with Crippen LogP contribution in [0.3, 0.4) is 0 Å². The van der Waals surface area contributed by atoms with Crippen LogP contribution in [0.2, 0.25) is 0 Å². The van der Waals surface area contributed by atoms with Crippen LogP contribution in [-0.2, 0) is 13.5 Å². The highest BCUT2D eigenvalue weighted by atomic mass is 32.2. The van der Waals surface area contributed by atoms with Gasteiger partial charge in [-0.05, 0) is 47.4 Å². The summed E-state index contributed by atoms with van der Waals surface area (Å²) in [6.45, 7) is 3.87. The molecule has 0 N–H and O–H groups in total. The minimum absolute atomic E-state index is 0.0240. The molecule has 4 aromatic carbocycles. The molecule has 5 heteroatoms. The van der Waals surface area contributed by atoms with Crippen molar-refractivity contribution in [2.24, 2.45) is 7.05 Å². The molecule has 0 aliphatic carbocycles. The van der Waals surface area contributed by atoms with Gasteiger partial charge in [-0.15, -0.1) is 0 Å². The first-order valence-electron chi connectivity index (χ1n) is 14.4. The van der Waals surface area contributed by atoms with Crippen LogP contribution in [0.1, 0.15) is 39.0 Å². The van der Waals surface area contributed by atoms with Gasteiger partial charge < -0.3 is 14.4 Å². The second kappa shape index (κ2) is 10.8. The zero-order valence-corrected chi connectivity index (χ0v) is 23.8. The summed E-state index contributed by atoms with van der Waals surface area (Å²) in [6, 6.07) is 34.5. The first-order valence-corrected chi connectivity index (χ1v) is 15.6. The summed E-state index contributed by atoms with van der Waals surface area (Å²) < 4.78 is 2.28. The molecule has 1 aromatic heterocycles. The maximum absolute atomic E-state index is 14.2. The van der Waals surface area contributed by atoms with Crippen molar-refractivity contribution in [1.82, 2.24) is 14.4 Å².